The number of thiazole rings is 1. The number of benzene rings is 3. The molecule has 0 saturated carbocycles. The van der Waals surface area contributed by atoms with E-state index in [1.54, 1.807) is 0 Å². The molecule has 0 radical (unpaired) electrons. The summed E-state index contributed by atoms with van der Waals surface area (Å²) in [6.07, 6.45) is 4.03. The smallest absolute Gasteiger partial charge is 0.216 e. The van der Waals surface area contributed by atoms with E-state index in [1.807, 2.05) is 72.8 Å². The third-order valence-corrected chi connectivity index (χ3v) is 5.46. The molecule has 1 aromatic heterocycles. The zero-order valence-electron chi connectivity index (χ0n) is 15.6. The van der Waals surface area contributed by atoms with Gasteiger partial charge in [-0.1, -0.05) is 108 Å². The van der Waals surface area contributed by atoms with Crippen LogP contribution in [0.2, 0.25) is 5.02 Å². The Morgan fingerprint density at radius 3 is 2.24 bits per heavy atom. The van der Waals surface area contributed by atoms with E-state index >= 15 is 0 Å². The van der Waals surface area contributed by atoms with Gasteiger partial charge in [-0.25, -0.2) is 4.98 Å². The molecule has 0 bridgehead atoms. The highest BCUT2D eigenvalue weighted by Gasteiger charge is 2.14. The van der Waals surface area contributed by atoms with E-state index in [1.165, 1.54) is 11.3 Å². The van der Waals surface area contributed by atoms with E-state index < -0.39 is 0 Å². The molecule has 0 amide bonds. The third-order valence-electron chi connectivity index (χ3n) is 4.22. The molecule has 0 aliphatic carbocycles. The summed E-state index contributed by atoms with van der Waals surface area (Å²) in [6.45, 7) is 0.505. The first-order chi connectivity index (χ1) is 14.3. The van der Waals surface area contributed by atoms with Gasteiger partial charge in [-0.05, 0) is 23.3 Å². The fraction of sp³-hybridized carbons (Fsp3) is 0.0417. The maximum atomic E-state index is 6.05. The van der Waals surface area contributed by atoms with E-state index in [9.17, 15) is 0 Å². The van der Waals surface area contributed by atoms with Gasteiger partial charge in [0, 0.05) is 10.6 Å². The molecule has 0 spiro atoms. The summed E-state index contributed by atoms with van der Waals surface area (Å²) >= 11 is 7.58. The number of azo groups is 1. The zero-order valence-corrected chi connectivity index (χ0v) is 17.1. The highest BCUT2D eigenvalue weighted by Crippen LogP contribution is 2.40. The molecule has 4 aromatic rings. The Balaban J connectivity index is 1.57. The second kappa shape index (κ2) is 9.41. The number of nitrogens with zero attached hydrogens (tertiary/aromatic N) is 3. The lowest BCUT2D eigenvalue weighted by molar-refractivity contribution is 1.06. The zero-order chi connectivity index (χ0) is 19.9. The summed E-state index contributed by atoms with van der Waals surface area (Å²) in [5, 5.41) is 9.97. The standard InChI is InChI=1S/C24H18ClN3S/c25-21-15-13-20(14-16-21)23-22(19-11-5-2-6-12-19)27-24(29-23)28-26-17-7-10-18-8-3-1-4-9-18/h1-16H,17H2. The second-order valence-electron chi connectivity index (χ2n) is 6.28. The molecule has 0 saturated heterocycles. The molecule has 0 unspecified atom stereocenters. The van der Waals surface area contributed by atoms with E-state index in [2.05, 4.69) is 34.5 Å². The van der Waals surface area contributed by atoms with Crippen molar-refractivity contribution in [3.05, 3.63) is 102 Å². The summed E-state index contributed by atoms with van der Waals surface area (Å²) < 4.78 is 0. The molecule has 1 heterocycles. The molecule has 29 heavy (non-hydrogen) atoms. The maximum Gasteiger partial charge on any atom is 0.230 e. The van der Waals surface area contributed by atoms with Gasteiger partial charge in [0.1, 0.15) is 0 Å². The Morgan fingerprint density at radius 2 is 1.52 bits per heavy atom. The minimum Gasteiger partial charge on any atom is -0.216 e. The van der Waals surface area contributed by atoms with Crippen molar-refractivity contribution in [1.29, 1.82) is 0 Å². The first-order valence-electron chi connectivity index (χ1n) is 9.21. The molecule has 5 heteroatoms. The van der Waals surface area contributed by atoms with Crippen molar-refractivity contribution < 1.29 is 0 Å². The molecular formula is C24H18ClN3S. The topological polar surface area (TPSA) is 37.6 Å². The van der Waals surface area contributed by atoms with Crippen LogP contribution in [0, 0.1) is 0 Å². The summed E-state index contributed by atoms with van der Waals surface area (Å²) in [4.78, 5) is 5.79. The van der Waals surface area contributed by atoms with Gasteiger partial charge in [-0.3, -0.25) is 0 Å². The van der Waals surface area contributed by atoms with Gasteiger partial charge in [0.15, 0.2) is 0 Å². The average Bonchev–Trinajstić information content (AvgIpc) is 3.20. The Bertz CT molecular complexity index is 1120. The second-order valence-corrected chi connectivity index (χ2v) is 7.70. The number of rotatable bonds is 6. The molecule has 0 N–H and O–H groups in total. The summed E-state index contributed by atoms with van der Waals surface area (Å²) in [5.74, 6) is 0. The minimum absolute atomic E-state index is 0.505. The van der Waals surface area contributed by atoms with Crippen LogP contribution < -0.4 is 0 Å². The van der Waals surface area contributed by atoms with Gasteiger partial charge in [-0.15, -0.1) is 5.11 Å². The van der Waals surface area contributed by atoms with Crippen molar-refractivity contribution in [1.82, 2.24) is 4.98 Å². The van der Waals surface area contributed by atoms with Crippen LogP contribution >= 0.6 is 22.9 Å². The lowest BCUT2D eigenvalue weighted by Crippen LogP contribution is -1.81. The Labute approximate surface area is 179 Å². The Morgan fingerprint density at radius 1 is 0.828 bits per heavy atom. The van der Waals surface area contributed by atoms with Crippen LogP contribution in [0.15, 0.2) is 101 Å². The molecule has 0 fully saturated rings. The van der Waals surface area contributed by atoms with Crippen LogP contribution in [0.3, 0.4) is 0 Å². The fourth-order valence-electron chi connectivity index (χ4n) is 2.84. The number of aromatic nitrogens is 1. The largest absolute Gasteiger partial charge is 0.230 e. The Hall–Kier alpha value is -3.08. The van der Waals surface area contributed by atoms with Gasteiger partial charge in [0.25, 0.3) is 0 Å². The number of hydrogen-bond acceptors (Lipinski definition) is 4. The highest BCUT2D eigenvalue weighted by molar-refractivity contribution is 7.19. The van der Waals surface area contributed by atoms with E-state index in [4.69, 9.17) is 16.6 Å². The fourth-order valence-corrected chi connectivity index (χ4v) is 3.90. The number of halogens is 1. The first kappa shape index (κ1) is 19.2. The molecule has 3 aromatic carbocycles. The van der Waals surface area contributed by atoms with Gasteiger partial charge in [0.05, 0.1) is 17.1 Å². The van der Waals surface area contributed by atoms with Crippen molar-refractivity contribution in [2.24, 2.45) is 10.2 Å². The van der Waals surface area contributed by atoms with Crippen LogP contribution in [-0.4, -0.2) is 11.5 Å². The highest BCUT2D eigenvalue weighted by atomic mass is 35.5. The molecule has 142 valence electrons. The number of hydrogen-bond donors (Lipinski definition) is 0. The van der Waals surface area contributed by atoms with Crippen molar-refractivity contribution in [3.8, 4) is 21.7 Å². The minimum atomic E-state index is 0.505. The van der Waals surface area contributed by atoms with Crippen LogP contribution in [0.25, 0.3) is 27.8 Å². The lowest BCUT2D eigenvalue weighted by Gasteiger charge is -2.02. The molecule has 4 rings (SSSR count). The van der Waals surface area contributed by atoms with Gasteiger partial charge < -0.3 is 0 Å². The third kappa shape index (κ3) is 5.05. The van der Waals surface area contributed by atoms with E-state index in [0.717, 1.165) is 27.3 Å². The molecule has 0 aliphatic rings. The van der Waals surface area contributed by atoms with Gasteiger partial charge in [0.2, 0.25) is 5.13 Å². The van der Waals surface area contributed by atoms with Crippen molar-refractivity contribution in [2.75, 3.05) is 6.54 Å². The monoisotopic (exact) mass is 415 g/mol. The van der Waals surface area contributed by atoms with E-state index in [0.29, 0.717) is 16.7 Å². The van der Waals surface area contributed by atoms with Gasteiger partial charge in [-0.2, -0.15) is 5.11 Å². The molecule has 0 atom stereocenters. The van der Waals surface area contributed by atoms with Crippen LogP contribution in [-0.2, 0) is 0 Å². The molecule has 3 nitrogen and oxygen atoms in total. The normalized spacial score (nSPS) is 11.5. The Kier molecular flexibility index (Phi) is 6.25. The summed E-state index contributed by atoms with van der Waals surface area (Å²) in [7, 11) is 0. The summed E-state index contributed by atoms with van der Waals surface area (Å²) in [5.41, 5.74) is 4.18. The van der Waals surface area contributed by atoms with Crippen molar-refractivity contribution in [3.63, 3.8) is 0 Å². The summed E-state index contributed by atoms with van der Waals surface area (Å²) in [6, 6.07) is 28.1. The predicted octanol–water partition coefficient (Wildman–Crippen LogP) is 7.93. The predicted molar refractivity (Wildman–Crippen MR) is 123 cm³/mol. The van der Waals surface area contributed by atoms with Crippen LogP contribution in [0.1, 0.15) is 5.56 Å². The lowest BCUT2D eigenvalue weighted by atomic mass is 10.1. The maximum absolute atomic E-state index is 6.05. The SMILES string of the molecule is Clc1ccc(-c2sc(N=NCC=Cc3ccccc3)nc2-c2ccccc2)cc1. The molecular weight excluding hydrogens is 398 g/mol. The quantitative estimate of drug-likeness (QED) is 0.294. The van der Waals surface area contributed by atoms with Gasteiger partial charge >= 0.3 is 0 Å². The van der Waals surface area contributed by atoms with Crippen molar-refractivity contribution >= 4 is 34.1 Å². The van der Waals surface area contributed by atoms with Crippen LogP contribution in [0.4, 0.5) is 5.13 Å². The van der Waals surface area contributed by atoms with E-state index in [-0.39, 0.29) is 0 Å². The molecule has 0 aliphatic heterocycles. The van der Waals surface area contributed by atoms with Crippen molar-refractivity contribution in [2.45, 2.75) is 0 Å². The first-order valence-corrected chi connectivity index (χ1v) is 10.4. The average molecular weight is 416 g/mol. The van der Waals surface area contributed by atoms with Crippen LogP contribution in [0.5, 0.6) is 0 Å².